The summed E-state index contributed by atoms with van der Waals surface area (Å²) in [5.74, 6) is -0.665. The van der Waals surface area contributed by atoms with Crippen LogP contribution in [0.4, 0.5) is 4.79 Å². The minimum absolute atomic E-state index is 0.134. The van der Waals surface area contributed by atoms with Gasteiger partial charge in [-0.05, 0) is 31.3 Å². The van der Waals surface area contributed by atoms with Crippen LogP contribution in [-0.4, -0.2) is 54.2 Å². The van der Waals surface area contributed by atoms with Gasteiger partial charge in [0.1, 0.15) is 6.04 Å². The van der Waals surface area contributed by atoms with E-state index in [9.17, 15) is 9.59 Å². The van der Waals surface area contributed by atoms with Crippen molar-refractivity contribution in [2.75, 3.05) is 26.2 Å². The van der Waals surface area contributed by atoms with Crippen LogP contribution >= 0.6 is 0 Å². The minimum atomic E-state index is -0.997. The average molecular weight is 271 g/mol. The van der Waals surface area contributed by atoms with Crippen LogP contribution in [0.15, 0.2) is 0 Å². The minimum Gasteiger partial charge on any atom is -0.480 e. The summed E-state index contributed by atoms with van der Waals surface area (Å²) in [6.07, 6.45) is 1.08. The zero-order valence-corrected chi connectivity index (χ0v) is 12.0. The van der Waals surface area contributed by atoms with Gasteiger partial charge >= 0.3 is 12.0 Å². The van der Waals surface area contributed by atoms with E-state index in [1.807, 2.05) is 0 Å². The summed E-state index contributed by atoms with van der Waals surface area (Å²) in [6.45, 7) is 9.40. The number of hydrogen-bond donors (Lipinski definition) is 3. The number of hydrogen-bond acceptors (Lipinski definition) is 3. The Morgan fingerprint density at radius 2 is 2.11 bits per heavy atom. The predicted molar refractivity (Wildman–Crippen MR) is 73.0 cm³/mol. The molecule has 1 aliphatic rings. The van der Waals surface area contributed by atoms with E-state index in [0.29, 0.717) is 12.5 Å². The first kappa shape index (κ1) is 15.8. The van der Waals surface area contributed by atoms with E-state index in [2.05, 4.69) is 22.5 Å². The van der Waals surface area contributed by atoms with Gasteiger partial charge in [-0.3, -0.25) is 0 Å². The van der Waals surface area contributed by atoms with E-state index in [0.717, 1.165) is 26.1 Å². The molecule has 6 heteroatoms. The van der Waals surface area contributed by atoms with Crippen molar-refractivity contribution in [2.24, 2.45) is 11.8 Å². The lowest BCUT2D eigenvalue weighted by Gasteiger charge is -2.19. The fourth-order valence-electron chi connectivity index (χ4n) is 2.31. The Morgan fingerprint density at radius 1 is 1.42 bits per heavy atom. The van der Waals surface area contributed by atoms with Crippen molar-refractivity contribution in [3.63, 3.8) is 0 Å². The second-order valence-electron chi connectivity index (χ2n) is 5.46. The predicted octanol–water partition coefficient (Wildman–Crippen LogP) is 0.737. The molecule has 110 valence electrons. The SMILES string of the molecule is CCN1CCC(CNC(=O)N[C@@H](C(=O)O)C(C)C)C1. The summed E-state index contributed by atoms with van der Waals surface area (Å²) >= 11 is 0. The molecule has 0 spiro atoms. The zero-order chi connectivity index (χ0) is 14.4. The highest BCUT2D eigenvalue weighted by atomic mass is 16.4. The van der Waals surface area contributed by atoms with E-state index in [-0.39, 0.29) is 5.92 Å². The Kier molecular flexibility index (Phi) is 6.08. The molecule has 0 aliphatic carbocycles. The summed E-state index contributed by atoms with van der Waals surface area (Å²) in [5.41, 5.74) is 0. The monoisotopic (exact) mass is 271 g/mol. The van der Waals surface area contributed by atoms with Crippen molar-refractivity contribution < 1.29 is 14.7 Å². The number of aliphatic carboxylic acids is 1. The average Bonchev–Trinajstić information content (AvgIpc) is 2.80. The molecule has 0 saturated carbocycles. The standard InChI is InChI=1S/C13H25N3O3/c1-4-16-6-5-10(8-16)7-14-13(19)15-11(9(2)3)12(17)18/h9-11H,4-8H2,1-3H3,(H,17,18)(H2,14,15,19)/t10?,11-/m1/s1. The number of nitrogens with zero attached hydrogens (tertiary/aromatic N) is 1. The van der Waals surface area contributed by atoms with Crippen LogP contribution in [0.2, 0.25) is 0 Å². The number of urea groups is 1. The second kappa shape index (κ2) is 7.33. The van der Waals surface area contributed by atoms with Crippen molar-refractivity contribution in [2.45, 2.75) is 33.2 Å². The number of likely N-dealkylation sites (tertiary alicyclic amines) is 1. The lowest BCUT2D eigenvalue weighted by Crippen LogP contribution is -2.49. The number of amides is 2. The van der Waals surface area contributed by atoms with Crippen LogP contribution in [0.3, 0.4) is 0 Å². The van der Waals surface area contributed by atoms with Gasteiger partial charge in [-0.25, -0.2) is 9.59 Å². The van der Waals surface area contributed by atoms with Crippen LogP contribution in [0, 0.1) is 11.8 Å². The summed E-state index contributed by atoms with van der Waals surface area (Å²) in [5, 5.41) is 14.3. The molecule has 19 heavy (non-hydrogen) atoms. The van der Waals surface area contributed by atoms with Gasteiger partial charge in [-0.15, -0.1) is 0 Å². The van der Waals surface area contributed by atoms with Gasteiger partial charge in [-0.1, -0.05) is 20.8 Å². The van der Waals surface area contributed by atoms with E-state index < -0.39 is 18.0 Å². The lowest BCUT2D eigenvalue weighted by molar-refractivity contribution is -0.140. The summed E-state index contributed by atoms with van der Waals surface area (Å²) in [6, 6.07) is -1.23. The first-order valence-corrected chi connectivity index (χ1v) is 6.93. The molecule has 1 aliphatic heterocycles. The molecule has 0 radical (unpaired) electrons. The van der Waals surface area contributed by atoms with Crippen molar-refractivity contribution >= 4 is 12.0 Å². The summed E-state index contributed by atoms with van der Waals surface area (Å²) in [7, 11) is 0. The molecule has 0 aromatic carbocycles. The number of carboxylic acid groups (broad SMARTS) is 1. The number of carbonyl (C=O) groups excluding carboxylic acids is 1. The Morgan fingerprint density at radius 3 is 2.58 bits per heavy atom. The quantitative estimate of drug-likeness (QED) is 0.665. The van der Waals surface area contributed by atoms with E-state index in [4.69, 9.17) is 5.11 Å². The number of nitrogens with one attached hydrogen (secondary N) is 2. The highest BCUT2D eigenvalue weighted by molar-refractivity contribution is 5.82. The maximum Gasteiger partial charge on any atom is 0.326 e. The Balaban J connectivity index is 2.29. The largest absolute Gasteiger partial charge is 0.480 e. The molecule has 0 bridgehead atoms. The van der Waals surface area contributed by atoms with Crippen molar-refractivity contribution in [3.05, 3.63) is 0 Å². The van der Waals surface area contributed by atoms with Crippen LogP contribution < -0.4 is 10.6 Å². The van der Waals surface area contributed by atoms with Gasteiger partial charge in [0.05, 0.1) is 0 Å². The van der Waals surface area contributed by atoms with Crippen molar-refractivity contribution in [3.8, 4) is 0 Å². The van der Waals surface area contributed by atoms with Crippen molar-refractivity contribution in [1.82, 2.24) is 15.5 Å². The topological polar surface area (TPSA) is 81.7 Å². The smallest absolute Gasteiger partial charge is 0.326 e. The van der Waals surface area contributed by atoms with Crippen molar-refractivity contribution in [1.29, 1.82) is 0 Å². The number of rotatable bonds is 6. The maximum atomic E-state index is 11.7. The van der Waals surface area contributed by atoms with Crippen LogP contribution in [0.5, 0.6) is 0 Å². The molecule has 0 aromatic heterocycles. The lowest BCUT2D eigenvalue weighted by atomic mass is 10.1. The Hall–Kier alpha value is -1.30. The fourth-order valence-corrected chi connectivity index (χ4v) is 2.31. The van der Waals surface area contributed by atoms with E-state index in [1.165, 1.54) is 0 Å². The first-order valence-electron chi connectivity index (χ1n) is 6.93. The van der Waals surface area contributed by atoms with Gasteiger partial charge in [0.15, 0.2) is 0 Å². The van der Waals surface area contributed by atoms with Crippen LogP contribution in [0.1, 0.15) is 27.2 Å². The summed E-state index contributed by atoms with van der Waals surface area (Å²) in [4.78, 5) is 25.0. The Labute approximate surface area is 114 Å². The molecule has 1 fully saturated rings. The number of carbonyl (C=O) groups is 2. The third-order valence-electron chi connectivity index (χ3n) is 3.59. The number of carboxylic acids is 1. The molecule has 1 unspecified atom stereocenters. The molecule has 2 amide bonds. The zero-order valence-electron chi connectivity index (χ0n) is 12.0. The molecule has 1 rings (SSSR count). The first-order chi connectivity index (χ1) is 8.93. The summed E-state index contributed by atoms with van der Waals surface area (Å²) < 4.78 is 0. The van der Waals surface area contributed by atoms with Gasteiger partial charge in [0, 0.05) is 13.1 Å². The second-order valence-corrected chi connectivity index (χ2v) is 5.46. The van der Waals surface area contributed by atoms with E-state index >= 15 is 0 Å². The van der Waals surface area contributed by atoms with Gasteiger partial charge in [-0.2, -0.15) is 0 Å². The van der Waals surface area contributed by atoms with Gasteiger partial charge in [0.2, 0.25) is 0 Å². The highest BCUT2D eigenvalue weighted by Gasteiger charge is 2.25. The Bertz CT molecular complexity index is 320. The van der Waals surface area contributed by atoms with Crippen LogP contribution in [0.25, 0.3) is 0 Å². The van der Waals surface area contributed by atoms with Gasteiger partial charge in [0.25, 0.3) is 0 Å². The third-order valence-corrected chi connectivity index (χ3v) is 3.59. The highest BCUT2D eigenvalue weighted by Crippen LogP contribution is 2.14. The molecule has 2 atom stereocenters. The third kappa shape index (κ3) is 5.06. The molecule has 0 aromatic rings. The molecule has 1 heterocycles. The normalized spacial score (nSPS) is 21.4. The van der Waals surface area contributed by atoms with Crippen LogP contribution in [-0.2, 0) is 4.79 Å². The maximum absolute atomic E-state index is 11.7. The molecular formula is C13H25N3O3. The van der Waals surface area contributed by atoms with E-state index in [1.54, 1.807) is 13.8 Å². The fraction of sp³-hybridized carbons (Fsp3) is 0.846. The molecule has 6 nitrogen and oxygen atoms in total. The molecule has 3 N–H and O–H groups in total. The van der Waals surface area contributed by atoms with Gasteiger partial charge < -0.3 is 20.6 Å². The molecular weight excluding hydrogens is 246 g/mol. The molecule has 1 saturated heterocycles.